The minimum absolute atomic E-state index is 0.172. The molecule has 0 amide bonds. The van der Waals surface area contributed by atoms with Crippen LogP contribution in [0.5, 0.6) is 11.5 Å². The molecule has 1 saturated heterocycles. The SMILES string of the molecule is COc1ccc(CN(CCO)CC2CCCN2)c(OC)c1. The lowest BCUT2D eigenvalue weighted by Gasteiger charge is -2.25. The average Bonchev–Trinajstić information content (AvgIpc) is 3.00. The molecular formula is C16H26N2O3. The highest BCUT2D eigenvalue weighted by atomic mass is 16.5. The maximum atomic E-state index is 9.28. The van der Waals surface area contributed by atoms with Gasteiger partial charge in [0.05, 0.1) is 20.8 Å². The minimum atomic E-state index is 0.172. The van der Waals surface area contributed by atoms with E-state index in [1.165, 1.54) is 12.8 Å². The third-order valence-corrected chi connectivity index (χ3v) is 3.95. The van der Waals surface area contributed by atoms with Gasteiger partial charge in [0.2, 0.25) is 0 Å². The monoisotopic (exact) mass is 294 g/mol. The molecule has 1 aliphatic heterocycles. The van der Waals surface area contributed by atoms with E-state index in [-0.39, 0.29) is 6.61 Å². The summed E-state index contributed by atoms with van der Waals surface area (Å²) in [5.41, 5.74) is 1.12. The molecule has 0 bridgehead atoms. The molecule has 1 aliphatic rings. The van der Waals surface area contributed by atoms with Crippen molar-refractivity contribution in [3.8, 4) is 11.5 Å². The van der Waals surface area contributed by atoms with Gasteiger partial charge in [0.15, 0.2) is 0 Å². The van der Waals surface area contributed by atoms with E-state index in [4.69, 9.17) is 9.47 Å². The van der Waals surface area contributed by atoms with Crippen molar-refractivity contribution in [1.82, 2.24) is 10.2 Å². The third-order valence-electron chi connectivity index (χ3n) is 3.95. The summed E-state index contributed by atoms with van der Waals surface area (Å²) >= 11 is 0. The van der Waals surface area contributed by atoms with Crippen molar-refractivity contribution in [2.75, 3.05) is 40.5 Å². The van der Waals surface area contributed by atoms with Crippen LogP contribution in [0.2, 0.25) is 0 Å². The lowest BCUT2D eigenvalue weighted by atomic mass is 10.1. The van der Waals surface area contributed by atoms with Crippen LogP contribution in [-0.2, 0) is 6.54 Å². The Morgan fingerprint density at radius 2 is 2.19 bits per heavy atom. The largest absolute Gasteiger partial charge is 0.497 e. The van der Waals surface area contributed by atoms with E-state index in [1.807, 2.05) is 18.2 Å². The Bertz CT molecular complexity index is 434. The summed E-state index contributed by atoms with van der Waals surface area (Å²) in [5, 5.41) is 12.8. The van der Waals surface area contributed by atoms with Gasteiger partial charge in [-0.2, -0.15) is 0 Å². The number of aliphatic hydroxyl groups excluding tert-OH is 1. The van der Waals surface area contributed by atoms with Gasteiger partial charge < -0.3 is 19.9 Å². The molecule has 21 heavy (non-hydrogen) atoms. The number of nitrogens with one attached hydrogen (secondary N) is 1. The fourth-order valence-electron chi connectivity index (χ4n) is 2.82. The number of methoxy groups -OCH3 is 2. The van der Waals surface area contributed by atoms with E-state index in [0.29, 0.717) is 12.6 Å². The molecule has 118 valence electrons. The second-order valence-corrected chi connectivity index (χ2v) is 5.43. The Morgan fingerprint density at radius 1 is 1.33 bits per heavy atom. The van der Waals surface area contributed by atoms with Crippen molar-refractivity contribution < 1.29 is 14.6 Å². The zero-order chi connectivity index (χ0) is 15.1. The summed E-state index contributed by atoms with van der Waals surface area (Å²) in [6, 6.07) is 6.41. The van der Waals surface area contributed by atoms with Crippen molar-refractivity contribution in [3.05, 3.63) is 23.8 Å². The Balaban J connectivity index is 2.04. The second kappa shape index (κ2) is 8.22. The summed E-state index contributed by atoms with van der Waals surface area (Å²) in [7, 11) is 3.32. The molecule has 1 unspecified atom stereocenters. The standard InChI is InChI=1S/C16H26N2O3/c1-20-15-6-5-13(16(10-15)21-2)11-18(8-9-19)12-14-4-3-7-17-14/h5-6,10,14,17,19H,3-4,7-9,11-12H2,1-2H3. The van der Waals surface area contributed by atoms with Crippen LogP contribution in [0.25, 0.3) is 0 Å². The van der Waals surface area contributed by atoms with Crippen LogP contribution >= 0.6 is 0 Å². The van der Waals surface area contributed by atoms with E-state index < -0.39 is 0 Å². The molecule has 0 aromatic heterocycles. The molecule has 0 saturated carbocycles. The molecule has 0 aliphatic carbocycles. The Kier molecular flexibility index (Phi) is 6.29. The zero-order valence-electron chi connectivity index (χ0n) is 13.0. The van der Waals surface area contributed by atoms with Crippen molar-refractivity contribution in [2.45, 2.75) is 25.4 Å². The van der Waals surface area contributed by atoms with Gasteiger partial charge in [-0.3, -0.25) is 4.90 Å². The first kappa shape index (κ1) is 16.1. The molecule has 2 N–H and O–H groups in total. The molecule has 1 aromatic rings. The molecule has 5 nitrogen and oxygen atoms in total. The van der Waals surface area contributed by atoms with Crippen LogP contribution < -0.4 is 14.8 Å². The van der Waals surface area contributed by atoms with E-state index in [0.717, 1.165) is 36.7 Å². The summed E-state index contributed by atoms with van der Waals surface area (Å²) in [5.74, 6) is 1.62. The van der Waals surface area contributed by atoms with Gasteiger partial charge >= 0.3 is 0 Å². The number of aliphatic hydroxyl groups is 1. The first-order chi connectivity index (χ1) is 10.3. The molecule has 1 fully saturated rings. The highest BCUT2D eigenvalue weighted by molar-refractivity contribution is 5.40. The van der Waals surface area contributed by atoms with E-state index >= 15 is 0 Å². The molecule has 0 spiro atoms. The first-order valence-corrected chi connectivity index (χ1v) is 7.54. The van der Waals surface area contributed by atoms with Crippen LogP contribution in [0, 0.1) is 0 Å². The summed E-state index contributed by atoms with van der Waals surface area (Å²) in [4.78, 5) is 2.27. The van der Waals surface area contributed by atoms with Gasteiger partial charge in [0, 0.05) is 37.3 Å². The molecule has 1 atom stereocenters. The molecular weight excluding hydrogens is 268 g/mol. The van der Waals surface area contributed by atoms with Gasteiger partial charge in [-0.15, -0.1) is 0 Å². The van der Waals surface area contributed by atoms with E-state index in [9.17, 15) is 5.11 Å². The summed E-state index contributed by atoms with van der Waals surface area (Å²) < 4.78 is 10.7. The first-order valence-electron chi connectivity index (χ1n) is 7.54. The van der Waals surface area contributed by atoms with Crippen LogP contribution in [-0.4, -0.2) is 56.5 Å². The highest BCUT2D eigenvalue weighted by Crippen LogP contribution is 2.26. The van der Waals surface area contributed by atoms with Crippen LogP contribution in [0.1, 0.15) is 18.4 Å². The van der Waals surface area contributed by atoms with Crippen molar-refractivity contribution in [3.63, 3.8) is 0 Å². The maximum Gasteiger partial charge on any atom is 0.127 e. The highest BCUT2D eigenvalue weighted by Gasteiger charge is 2.19. The predicted octanol–water partition coefficient (Wildman–Crippen LogP) is 1.25. The van der Waals surface area contributed by atoms with Crippen LogP contribution in [0.15, 0.2) is 18.2 Å². The van der Waals surface area contributed by atoms with Gasteiger partial charge in [-0.25, -0.2) is 0 Å². The fraction of sp³-hybridized carbons (Fsp3) is 0.625. The van der Waals surface area contributed by atoms with Gasteiger partial charge in [0.25, 0.3) is 0 Å². The number of benzene rings is 1. The normalized spacial score (nSPS) is 18.2. The Labute approximate surface area is 126 Å². The molecule has 1 aromatic carbocycles. The average molecular weight is 294 g/mol. The Morgan fingerprint density at radius 3 is 2.81 bits per heavy atom. The van der Waals surface area contributed by atoms with Crippen LogP contribution in [0.3, 0.4) is 0 Å². The predicted molar refractivity (Wildman–Crippen MR) is 82.9 cm³/mol. The molecule has 5 heteroatoms. The smallest absolute Gasteiger partial charge is 0.127 e. The Hall–Kier alpha value is -1.30. The van der Waals surface area contributed by atoms with E-state index in [1.54, 1.807) is 14.2 Å². The maximum absolute atomic E-state index is 9.28. The van der Waals surface area contributed by atoms with Gasteiger partial charge in [-0.1, -0.05) is 6.07 Å². The van der Waals surface area contributed by atoms with Crippen molar-refractivity contribution >= 4 is 0 Å². The number of rotatable bonds is 8. The van der Waals surface area contributed by atoms with Gasteiger partial charge in [0.1, 0.15) is 11.5 Å². The number of hydrogen-bond donors (Lipinski definition) is 2. The van der Waals surface area contributed by atoms with E-state index in [2.05, 4.69) is 10.2 Å². The quantitative estimate of drug-likeness (QED) is 0.756. The number of hydrogen-bond acceptors (Lipinski definition) is 5. The third kappa shape index (κ3) is 4.59. The molecule has 2 rings (SSSR count). The molecule has 1 heterocycles. The topological polar surface area (TPSA) is 54.0 Å². The van der Waals surface area contributed by atoms with Gasteiger partial charge in [-0.05, 0) is 25.5 Å². The summed E-state index contributed by atoms with van der Waals surface area (Å²) in [6.07, 6.45) is 2.45. The fourth-order valence-corrected chi connectivity index (χ4v) is 2.82. The van der Waals surface area contributed by atoms with Crippen LogP contribution in [0.4, 0.5) is 0 Å². The zero-order valence-corrected chi connectivity index (χ0v) is 13.0. The second-order valence-electron chi connectivity index (χ2n) is 5.43. The van der Waals surface area contributed by atoms with Crippen molar-refractivity contribution in [2.24, 2.45) is 0 Å². The lowest BCUT2D eigenvalue weighted by molar-refractivity contribution is 0.177. The summed E-state index contributed by atoms with van der Waals surface area (Å²) in [6.45, 7) is 3.67. The lowest BCUT2D eigenvalue weighted by Crippen LogP contribution is -2.38. The minimum Gasteiger partial charge on any atom is -0.497 e. The number of ether oxygens (including phenoxy) is 2. The molecule has 0 radical (unpaired) electrons. The van der Waals surface area contributed by atoms with Crippen molar-refractivity contribution in [1.29, 1.82) is 0 Å². The number of nitrogens with zero attached hydrogens (tertiary/aromatic N) is 1.